The van der Waals surface area contributed by atoms with Crippen LogP contribution in [0.5, 0.6) is 0 Å². The van der Waals surface area contributed by atoms with E-state index in [1.807, 2.05) is 25.1 Å². The molecule has 3 heteroatoms. The highest BCUT2D eigenvalue weighted by atomic mass is 79.9. The predicted molar refractivity (Wildman–Crippen MR) is 83.3 cm³/mol. The van der Waals surface area contributed by atoms with Crippen molar-refractivity contribution in [2.75, 3.05) is 5.32 Å². The molecule has 0 radical (unpaired) electrons. The minimum absolute atomic E-state index is 0.136. The molecular weight excluding hydrogens is 302 g/mol. The van der Waals surface area contributed by atoms with Crippen LogP contribution >= 0.6 is 15.9 Å². The summed E-state index contributed by atoms with van der Waals surface area (Å²) in [6.45, 7) is 2.03. The zero-order chi connectivity index (χ0) is 13.7. The normalized spacial score (nSPS) is 16.3. The summed E-state index contributed by atoms with van der Waals surface area (Å²) < 4.78 is 0.987. The van der Waals surface area contributed by atoms with Crippen LogP contribution in [0.4, 0.5) is 5.69 Å². The zero-order valence-corrected chi connectivity index (χ0v) is 13.1. The average molecular weight is 324 g/mol. The van der Waals surface area contributed by atoms with Crippen molar-refractivity contribution >= 4 is 27.5 Å². The van der Waals surface area contributed by atoms with Gasteiger partial charge in [-0.1, -0.05) is 44.2 Å². The van der Waals surface area contributed by atoms with Gasteiger partial charge in [-0.2, -0.15) is 0 Å². The first-order valence-corrected chi connectivity index (χ1v) is 8.01. The molecule has 0 bridgehead atoms. The predicted octanol–water partition coefficient (Wildman–Crippen LogP) is 5.06. The molecule has 0 unspecified atom stereocenters. The Kier molecular flexibility index (Phi) is 5.44. The van der Waals surface area contributed by atoms with E-state index < -0.39 is 0 Å². The molecule has 0 heterocycles. The lowest BCUT2D eigenvalue weighted by Gasteiger charge is -2.21. The van der Waals surface area contributed by atoms with E-state index in [0.29, 0.717) is 6.42 Å². The number of aryl methyl sites for hydroxylation is 1. The number of anilines is 1. The average Bonchev–Trinajstić information content (AvgIpc) is 2.43. The zero-order valence-electron chi connectivity index (χ0n) is 11.5. The maximum atomic E-state index is 12.0. The van der Waals surface area contributed by atoms with Crippen molar-refractivity contribution in [3.63, 3.8) is 0 Å². The van der Waals surface area contributed by atoms with Gasteiger partial charge in [-0.15, -0.1) is 0 Å². The highest BCUT2D eigenvalue weighted by Crippen LogP contribution is 2.28. The van der Waals surface area contributed by atoms with Gasteiger partial charge in [0.2, 0.25) is 5.91 Å². The fourth-order valence-electron chi connectivity index (χ4n) is 2.77. The molecule has 1 aromatic rings. The van der Waals surface area contributed by atoms with E-state index in [2.05, 4.69) is 21.2 Å². The van der Waals surface area contributed by atoms with Crippen LogP contribution in [0, 0.1) is 12.8 Å². The summed E-state index contributed by atoms with van der Waals surface area (Å²) in [6, 6.07) is 5.94. The van der Waals surface area contributed by atoms with Gasteiger partial charge in [-0.25, -0.2) is 0 Å². The van der Waals surface area contributed by atoms with Crippen LogP contribution in [-0.4, -0.2) is 5.91 Å². The third kappa shape index (κ3) is 4.34. The van der Waals surface area contributed by atoms with Gasteiger partial charge < -0.3 is 5.32 Å². The third-order valence-electron chi connectivity index (χ3n) is 3.97. The van der Waals surface area contributed by atoms with E-state index in [4.69, 9.17) is 0 Å². The van der Waals surface area contributed by atoms with Crippen LogP contribution in [-0.2, 0) is 4.79 Å². The number of nitrogens with one attached hydrogen (secondary N) is 1. The fraction of sp³-hybridized carbons (Fsp3) is 0.562. The number of hydrogen-bond acceptors (Lipinski definition) is 1. The highest BCUT2D eigenvalue weighted by Gasteiger charge is 2.15. The second-order valence-corrected chi connectivity index (χ2v) is 6.32. The van der Waals surface area contributed by atoms with Crippen LogP contribution in [0.15, 0.2) is 22.7 Å². The summed E-state index contributed by atoms with van der Waals surface area (Å²) in [5.41, 5.74) is 2.03. The van der Waals surface area contributed by atoms with Crippen molar-refractivity contribution in [1.82, 2.24) is 0 Å². The third-order valence-corrected chi connectivity index (χ3v) is 5.02. The largest absolute Gasteiger partial charge is 0.325 e. The van der Waals surface area contributed by atoms with E-state index in [1.54, 1.807) is 0 Å². The Hall–Kier alpha value is -0.830. The molecule has 0 aliphatic heterocycles. The summed E-state index contributed by atoms with van der Waals surface area (Å²) in [5, 5.41) is 3.00. The first-order chi connectivity index (χ1) is 9.16. The Morgan fingerprint density at radius 1 is 1.32 bits per heavy atom. The molecule has 1 aromatic carbocycles. The Morgan fingerprint density at radius 2 is 2.05 bits per heavy atom. The summed E-state index contributed by atoms with van der Waals surface area (Å²) in [6.07, 6.45) is 8.35. The molecule has 1 fully saturated rings. The van der Waals surface area contributed by atoms with Gasteiger partial charge in [0, 0.05) is 10.9 Å². The topological polar surface area (TPSA) is 29.1 Å². The van der Waals surface area contributed by atoms with Crippen molar-refractivity contribution in [1.29, 1.82) is 0 Å². The molecule has 0 aromatic heterocycles. The lowest BCUT2D eigenvalue weighted by Crippen LogP contribution is -2.15. The van der Waals surface area contributed by atoms with Crippen molar-refractivity contribution in [2.45, 2.75) is 51.9 Å². The second kappa shape index (κ2) is 7.09. The number of carbonyl (C=O) groups excluding carboxylic acids is 1. The number of carbonyl (C=O) groups is 1. The fourth-order valence-corrected chi connectivity index (χ4v) is 3.13. The lowest BCUT2D eigenvalue weighted by molar-refractivity contribution is -0.116. The Bertz CT molecular complexity index is 438. The smallest absolute Gasteiger partial charge is 0.224 e. The second-order valence-electron chi connectivity index (χ2n) is 5.53. The lowest BCUT2D eigenvalue weighted by atomic mass is 9.86. The monoisotopic (exact) mass is 323 g/mol. The number of amides is 1. The molecule has 0 saturated heterocycles. The van der Waals surface area contributed by atoms with Crippen LogP contribution in [0.1, 0.15) is 50.5 Å². The molecule has 1 saturated carbocycles. The molecule has 1 N–H and O–H groups in total. The molecule has 1 amide bonds. The quantitative estimate of drug-likeness (QED) is 0.824. The molecule has 1 aliphatic rings. The van der Waals surface area contributed by atoms with Gasteiger partial charge in [0.15, 0.2) is 0 Å². The summed E-state index contributed by atoms with van der Waals surface area (Å²) >= 11 is 3.52. The summed E-state index contributed by atoms with van der Waals surface area (Å²) in [4.78, 5) is 12.0. The van der Waals surface area contributed by atoms with E-state index in [1.165, 1.54) is 32.1 Å². The van der Waals surface area contributed by atoms with Crippen molar-refractivity contribution in [3.05, 3.63) is 28.2 Å². The first-order valence-electron chi connectivity index (χ1n) is 7.22. The molecule has 104 valence electrons. The van der Waals surface area contributed by atoms with E-state index in [0.717, 1.165) is 28.1 Å². The van der Waals surface area contributed by atoms with Crippen LogP contribution in [0.25, 0.3) is 0 Å². The van der Waals surface area contributed by atoms with Gasteiger partial charge in [-0.05, 0) is 46.8 Å². The molecule has 19 heavy (non-hydrogen) atoms. The summed E-state index contributed by atoms with van der Waals surface area (Å²) in [7, 11) is 0. The van der Waals surface area contributed by atoms with E-state index >= 15 is 0 Å². The van der Waals surface area contributed by atoms with Gasteiger partial charge in [-0.3, -0.25) is 4.79 Å². The van der Waals surface area contributed by atoms with Crippen molar-refractivity contribution in [2.24, 2.45) is 5.92 Å². The van der Waals surface area contributed by atoms with Crippen molar-refractivity contribution < 1.29 is 4.79 Å². The SMILES string of the molecule is Cc1cccc(NC(=O)CCC2CCCCC2)c1Br. The Morgan fingerprint density at radius 3 is 2.79 bits per heavy atom. The maximum Gasteiger partial charge on any atom is 0.224 e. The minimum atomic E-state index is 0.136. The highest BCUT2D eigenvalue weighted by molar-refractivity contribution is 9.10. The number of rotatable bonds is 4. The molecule has 1 aliphatic carbocycles. The minimum Gasteiger partial charge on any atom is -0.325 e. The van der Waals surface area contributed by atoms with Gasteiger partial charge >= 0.3 is 0 Å². The van der Waals surface area contributed by atoms with Crippen molar-refractivity contribution in [3.8, 4) is 0 Å². The maximum absolute atomic E-state index is 12.0. The molecule has 0 atom stereocenters. The van der Waals surface area contributed by atoms with Crippen LogP contribution in [0.2, 0.25) is 0 Å². The van der Waals surface area contributed by atoms with Crippen LogP contribution in [0.3, 0.4) is 0 Å². The Labute approximate surface area is 124 Å². The molecular formula is C16H22BrNO. The Balaban J connectivity index is 1.82. The molecule has 2 rings (SSSR count). The standard InChI is InChI=1S/C16H22BrNO/c1-12-6-5-9-14(16(12)17)18-15(19)11-10-13-7-3-2-4-8-13/h5-6,9,13H,2-4,7-8,10-11H2,1H3,(H,18,19). The van der Waals surface area contributed by atoms with E-state index in [-0.39, 0.29) is 5.91 Å². The number of halogens is 1. The van der Waals surface area contributed by atoms with Crippen LogP contribution < -0.4 is 5.32 Å². The van der Waals surface area contributed by atoms with E-state index in [9.17, 15) is 4.79 Å². The number of hydrogen-bond donors (Lipinski definition) is 1. The number of benzene rings is 1. The summed E-state index contributed by atoms with van der Waals surface area (Å²) in [5.74, 6) is 0.900. The van der Waals surface area contributed by atoms with Gasteiger partial charge in [0.25, 0.3) is 0 Å². The van der Waals surface area contributed by atoms with Gasteiger partial charge in [0.1, 0.15) is 0 Å². The molecule has 2 nitrogen and oxygen atoms in total. The first kappa shape index (κ1) is 14.6. The van der Waals surface area contributed by atoms with Gasteiger partial charge in [0.05, 0.1) is 5.69 Å². The molecule has 0 spiro atoms.